The molecule has 1 aliphatic heterocycles. The molecule has 1 fully saturated rings. The molecule has 2 atom stereocenters. The normalized spacial score (nSPS) is 22.2. The average molecular weight is 266 g/mol. The van der Waals surface area contributed by atoms with E-state index < -0.39 is 0 Å². The first kappa shape index (κ1) is 14.3. The van der Waals surface area contributed by atoms with Crippen LogP contribution in [0.3, 0.4) is 0 Å². The van der Waals surface area contributed by atoms with E-state index in [1.165, 1.54) is 18.9 Å². The van der Waals surface area contributed by atoms with Crippen LogP contribution < -0.4 is 10.5 Å². The van der Waals surface area contributed by atoms with Crippen molar-refractivity contribution in [3.8, 4) is 5.75 Å². The van der Waals surface area contributed by atoms with E-state index in [-0.39, 0.29) is 11.9 Å². The van der Waals surface area contributed by atoms with Gasteiger partial charge in [-0.2, -0.15) is 0 Å². The van der Waals surface area contributed by atoms with Gasteiger partial charge >= 0.3 is 0 Å². The van der Waals surface area contributed by atoms with E-state index >= 15 is 0 Å². The summed E-state index contributed by atoms with van der Waals surface area (Å²) in [5.74, 6) is -0.00311. The lowest BCUT2D eigenvalue weighted by Gasteiger charge is -2.32. The van der Waals surface area contributed by atoms with Gasteiger partial charge < -0.3 is 15.4 Å². The molecular formula is C15H23FN2O. The fourth-order valence-electron chi connectivity index (χ4n) is 2.46. The number of nitrogens with two attached hydrogens (primary N) is 1. The summed E-state index contributed by atoms with van der Waals surface area (Å²) in [5.41, 5.74) is 6.52. The van der Waals surface area contributed by atoms with E-state index in [2.05, 4.69) is 11.9 Å². The van der Waals surface area contributed by atoms with E-state index in [0.29, 0.717) is 18.4 Å². The molecular weight excluding hydrogens is 243 g/mol. The van der Waals surface area contributed by atoms with Crippen LogP contribution in [0.5, 0.6) is 5.75 Å². The molecule has 0 radical (unpaired) electrons. The number of hydrogen-bond donors (Lipinski definition) is 1. The van der Waals surface area contributed by atoms with E-state index in [0.717, 1.165) is 18.5 Å². The highest BCUT2D eigenvalue weighted by Gasteiger charge is 2.20. The predicted octanol–water partition coefficient (Wildman–Crippen LogP) is 2.71. The van der Waals surface area contributed by atoms with E-state index in [1.54, 1.807) is 6.07 Å². The Hall–Kier alpha value is -1.13. The Labute approximate surface area is 114 Å². The Morgan fingerprint density at radius 3 is 2.89 bits per heavy atom. The van der Waals surface area contributed by atoms with E-state index in [1.807, 2.05) is 13.0 Å². The molecule has 3 nitrogen and oxygen atoms in total. The van der Waals surface area contributed by atoms with Gasteiger partial charge in [0.05, 0.1) is 0 Å². The van der Waals surface area contributed by atoms with Crippen molar-refractivity contribution in [3.63, 3.8) is 0 Å². The highest BCUT2D eigenvalue weighted by atomic mass is 19.1. The van der Waals surface area contributed by atoms with Gasteiger partial charge in [0.2, 0.25) is 0 Å². The van der Waals surface area contributed by atoms with Crippen LogP contribution in [0.4, 0.5) is 4.39 Å². The summed E-state index contributed by atoms with van der Waals surface area (Å²) in [6.45, 7) is 3.48. The molecule has 4 heteroatoms. The molecule has 1 unspecified atom stereocenters. The summed E-state index contributed by atoms with van der Waals surface area (Å²) in [4.78, 5) is 2.29. The quantitative estimate of drug-likeness (QED) is 0.910. The molecule has 2 rings (SSSR count). The number of piperidine rings is 1. The minimum absolute atomic E-state index is 0.159. The Morgan fingerprint density at radius 1 is 1.47 bits per heavy atom. The molecule has 1 heterocycles. The van der Waals surface area contributed by atoms with Crippen molar-refractivity contribution in [1.29, 1.82) is 0 Å². The molecule has 1 saturated heterocycles. The molecule has 2 N–H and O–H groups in total. The van der Waals surface area contributed by atoms with Crippen LogP contribution >= 0.6 is 0 Å². The summed E-state index contributed by atoms with van der Waals surface area (Å²) in [6, 6.07) is 5.20. The van der Waals surface area contributed by atoms with Gasteiger partial charge in [-0.3, -0.25) is 0 Å². The first-order valence-electron chi connectivity index (χ1n) is 6.96. The van der Waals surface area contributed by atoms with Crippen molar-refractivity contribution in [3.05, 3.63) is 29.6 Å². The Balaban J connectivity index is 1.95. The number of ether oxygens (including phenoxy) is 1. The first-order valence-corrected chi connectivity index (χ1v) is 6.96. The molecule has 0 aromatic heterocycles. The van der Waals surface area contributed by atoms with Crippen molar-refractivity contribution in [2.24, 2.45) is 5.73 Å². The lowest BCUT2D eigenvalue weighted by atomic mass is 10.0. The van der Waals surface area contributed by atoms with Crippen LogP contribution in [0.15, 0.2) is 18.2 Å². The summed E-state index contributed by atoms with van der Waals surface area (Å²) < 4.78 is 19.5. The van der Waals surface area contributed by atoms with Crippen LogP contribution in [0.2, 0.25) is 0 Å². The highest BCUT2D eigenvalue weighted by molar-refractivity contribution is 5.30. The van der Waals surface area contributed by atoms with Crippen molar-refractivity contribution in [2.75, 3.05) is 20.2 Å². The summed E-state index contributed by atoms with van der Waals surface area (Å²) in [6.07, 6.45) is 3.59. The number of benzene rings is 1. The number of hydrogen-bond acceptors (Lipinski definition) is 3. The van der Waals surface area contributed by atoms with Gasteiger partial charge in [-0.1, -0.05) is 12.5 Å². The van der Waals surface area contributed by atoms with Crippen LogP contribution in [0.1, 0.15) is 37.8 Å². The maximum atomic E-state index is 13.9. The Kier molecular flexibility index (Phi) is 4.77. The maximum Gasteiger partial charge on any atom is 0.165 e. The monoisotopic (exact) mass is 266 g/mol. The fourth-order valence-corrected chi connectivity index (χ4v) is 2.46. The zero-order valence-electron chi connectivity index (χ0n) is 11.7. The largest absolute Gasteiger partial charge is 0.489 e. The number of likely N-dealkylation sites (tertiary alicyclic amines) is 1. The molecule has 0 aliphatic carbocycles. The van der Waals surface area contributed by atoms with Gasteiger partial charge in [-0.05, 0) is 51.1 Å². The predicted molar refractivity (Wildman–Crippen MR) is 74.8 cm³/mol. The zero-order chi connectivity index (χ0) is 13.8. The minimum Gasteiger partial charge on any atom is -0.489 e. The molecule has 0 bridgehead atoms. The lowest BCUT2D eigenvalue weighted by Crippen LogP contribution is -2.40. The standard InChI is InChI=1S/C15H23FN2O/c1-11(17)12-6-7-15(14(16)9-12)19-10-13-5-3-4-8-18(13)2/h6-7,9,11,13H,3-5,8,10,17H2,1-2H3/t11-,13?/m0/s1. The summed E-state index contributed by atoms with van der Waals surface area (Å²) >= 11 is 0. The Bertz CT molecular complexity index is 423. The third-order valence-electron chi connectivity index (χ3n) is 3.83. The van der Waals surface area contributed by atoms with Gasteiger partial charge in [-0.25, -0.2) is 4.39 Å². The van der Waals surface area contributed by atoms with Crippen LogP contribution in [0.25, 0.3) is 0 Å². The van der Waals surface area contributed by atoms with E-state index in [4.69, 9.17) is 10.5 Å². The summed E-state index contributed by atoms with van der Waals surface area (Å²) in [7, 11) is 2.10. The smallest absolute Gasteiger partial charge is 0.165 e. The third-order valence-corrected chi connectivity index (χ3v) is 3.83. The van der Waals surface area contributed by atoms with Gasteiger partial charge in [-0.15, -0.1) is 0 Å². The molecule has 1 aromatic rings. The number of halogens is 1. The number of nitrogens with zero attached hydrogens (tertiary/aromatic N) is 1. The van der Waals surface area contributed by atoms with Gasteiger partial charge in [0, 0.05) is 12.1 Å². The van der Waals surface area contributed by atoms with Crippen molar-refractivity contribution in [1.82, 2.24) is 4.90 Å². The van der Waals surface area contributed by atoms with E-state index in [9.17, 15) is 4.39 Å². The lowest BCUT2D eigenvalue weighted by molar-refractivity contribution is 0.123. The second-order valence-electron chi connectivity index (χ2n) is 5.42. The highest BCUT2D eigenvalue weighted by Crippen LogP contribution is 2.22. The van der Waals surface area contributed by atoms with Crippen LogP contribution in [-0.4, -0.2) is 31.1 Å². The average Bonchev–Trinajstić information content (AvgIpc) is 2.39. The second kappa shape index (κ2) is 6.35. The molecule has 0 spiro atoms. The van der Waals surface area contributed by atoms with Gasteiger partial charge in [0.1, 0.15) is 6.61 Å². The van der Waals surface area contributed by atoms with Crippen molar-refractivity contribution in [2.45, 2.75) is 38.3 Å². The zero-order valence-corrected chi connectivity index (χ0v) is 11.7. The van der Waals surface area contributed by atoms with Gasteiger partial charge in [0.15, 0.2) is 11.6 Å². The molecule has 1 aromatic carbocycles. The third kappa shape index (κ3) is 3.67. The van der Waals surface area contributed by atoms with Crippen molar-refractivity contribution < 1.29 is 9.13 Å². The minimum atomic E-state index is -0.326. The van der Waals surface area contributed by atoms with Crippen LogP contribution in [0, 0.1) is 5.82 Å². The Morgan fingerprint density at radius 2 is 2.26 bits per heavy atom. The SMILES string of the molecule is C[C@H](N)c1ccc(OCC2CCCCN2C)c(F)c1. The first-order chi connectivity index (χ1) is 9.08. The second-order valence-corrected chi connectivity index (χ2v) is 5.42. The number of likely N-dealkylation sites (N-methyl/N-ethyl adjacent to an activating group) is 1. The molecule has 1 aliphatic rings. The molecule has 0 saturated carbocycles. The molecule has 19 heavy (non-hydrogen) atoms. The maximum absolute atomic E-state index is 13.9. The number of rotatable bonds is 4. The van der Waals surface area contributed by atoms with Crippen molar-refractivity contribution >= 4 is 0 Å². The summed E-state index contributed by atoms with van der Waals surface area (Å²) in [5, 5.41) is 0. The topological polar surface area (TPSA) is 38.5 Å². The fraction of sp³-hybridized carbons (Fsp3) is 0.600. The van der Waals surface area contributed by atoms with Crippen LogP contribution in [-0.2, 0) is 0 Å². The van der Waals surface area contributed by atoms with Gasteiger partial charge in [0.25, 0.3) is 0 Å². The molecule has 106 valence electrons. The molecule has 0 amide bonds.